The topological polar surface area (TPSA) is 35.2 Å². The first-order chi connectivity index (χ1) is 8.11. The highest BCUT2D eigenvalue weighted by Gasteiger charge is 2.07. The van der Waals surface area contributed by atoms with Crippen LogP contribution in [0.5, 0.6) is 5.75 Å². The predicted octanol–water partition coefficient (Wildman–Crippen LogP) is 3.56. The van der Waals surface area contributed by atoms with Crippen LogP contribution in [0.15, 0.2) is 36.4 Å². The van der Waals surface area contributed by atoms with Crippen molar-refractivity contribution in [3.05, 3.63) is 47.5 Å². The molecule has 88 valence electrons. The summed E-state index contributed by atoms with van der Waals surface area (Å²) in [7, 11) is 1.64. The van der Waals surface area contributed by atoms with Gasteiger partial charge in [0.2, 0.25) is 0 Å². The SMILES string of the molecule is COc1cc(C)c(-c2ccc(C)cc2)cc1N. The molecule has 2 aromatic rings. The molecule has 0 bridgehead atoms. The van der Waals surface area contributed by atoms with Crippen molar-refractivity contribution in [3.63, 3.8) is 0 Å². The first-order valence-corrected chi connectivity index (χ1v) is 5.63. The van der Waals surface area contributed by atoms with Crippen LogP contribution in [0.3, 0.4) is 0 Å². The number of hydrogen-bond donors (Lipinski definition) is 1. The molecule has 2 heteroatoms. The van der Waals surface area contributed by atoms with Gasteiger partial charge in [-0.2, -0.15) is 0 Å². The smallest absolute Gasteiger partial charge is 0.142 e. The third kappa shape index (κ3) is 2.26. The molecule has 0 aliphatic carbocycles. The van der Waals surface area contributed by atoms with Gasteiger partial charge < -0.3 is 10.5 Å². The molecule has 0 heterocycles. The molecule has 0 spiro atoms. The summed E-state index contributed by atoms with van der Waals surface area (Å²) in [6, 6.07) is 12.4. The Hall–Kier alpha value is -1.96. The van der Waals surface area contributed by atoms with Crippen LogP contribution in [0.25, 0.3) is 11.1 Å². The molecule has 0 saturated heterocycles. The molecule has 2 N–H and O–H groups in total. The predicted molar refractivity (Wildman–Crippen MR) is 72.3 cm³/mol. The fourth-order valence-corrected chi connectivity index (χ4v) is 1.92. The largest absolute Gasteiger partial charge is 0.495 e. The summed E-state index contributed by atoms with van der Waals surface area (Å²) in [4.78, 5) is 0. The minimum Gasteiger partial charge on any atom is -0.495 e. The van der Waals surface area contributed by atoms with E-state index in [4.69, 9.17) is 10.5 Å². The van der Waals surface area contributed by atoms with Gasteiger partial charge in [-0.15, -0.1) is 0 Å². The Morgan fingerprint density at radius 2 is 1.65 bits per heavy atom. The summed E-state index contributed by atoms with van der Waals surface area (Å²) in [6.07, 6.45) is 0. The third-order valence-corrected chi connectivity index (χ3v) is 2.94. The van der Waals surface area contributed by atoms with Gasteiger partial charge >= 0.3 is 0 Å². The van der Waals surface area contributed by atoms with Gasteiger partial charge in [-0.3, -0.25) is 0 Å². The number of nitrogens with two attached hydrogens (primary N) is 1. The van der Waals surface area contributed by atoms with Crippen molar-refractivity contribution < 1.29 is 4.74 Å². The normalized spacial score (nSPS) is 10.3. The van der Waals surface area contributed by atoms with E-state index in [9.17, 15) is 0 Å². The molecule has 0 aromatic heterocycles. The lowest BCUT2D eigenvalue weighted by Crippen LogP contribution is -1.95. The first kappa shape index (κ1) is 11.5. The highest BCUT2D eigenvalue weighted by atomic mass is 16.5. The van der Waals surface area contributed by atoms with Gasteiger partial charge in [0.1, 0.15) is 5.75 Å². The molecule has 2 nitrogen and oxygen atoms in total. The molecule has 0 saturated carbocycles. The number of methoxy groups -OCH3 is 1. The molecule has 0 unspecified atom stereocenters. The Morgan fingerprint density at radius 1 is 1.00 bits per heavy atom. The van der Waals surface area contributed by atoms with Crippen molar-refractivity contribution in [1.29, 1.82) is 0 Å². The number of ether oxygens (including phenoxy) is 1. The summed E-state index contributed by atoms with van der Waals surface area (Å²) >= 11 is 0. The summed E-state index contributed by atoms with van der Waals surface area (Å²) in [5.41, 5.74) is 11.4. The van der Waals surface area contributed by atoms with Gasteiger partial charge in [0, 0.05) is 0 Å². The molecule has 0 amide bonds. The van der Waals surface area contributed by atoms with Gasteiger partial charge in [-0.25, -0.2) is 0 Å². The molecular formula is C15H17NO. The van der Waals surface area contributed by atoms with Crippen LogP contribution in [0.4, 0.5) is 5.69 Å². The van der Waals surface area contributed by atoms with E-state index in [1.54, 1.807) is 7.11 Å². The Bertz CT molecular complexity index is 529. The molecule has 0 radical (unpaired) electrons. The number of rotatable bonds is 2. The molecular weight excluding hydrogens is 210 g/mol. The van der Waals surface area contributed by atoms with Crippen molar-refractivity contribution in [2.75, 3.05) is 12.8 Å². The van der Waals surface area contributed by atoms with E-state index in [-0.39, 0.29) is 0 Å². The van der Waals surface area contributed by atoms with E-state index in [1.807, 2.05) is 12.1 Å². The van der Waals surface area contributed by atoms with Gasteiger partial charge in [-0.1, -0.05) is 29.8 Å². The second-order valence-electron chi connectivity index (χ2n) is 4.28. The van der Waals surface area contributed by atoms with Crippen molar-refractivity contribution in [1.82, 2.24) is 0 Å². The highest BCUT2D eigenvalue weighted by Crippen LogP contribution is 2.31. The summed E-state index contributed by atoms with van der Waals surface area (Å²) < 4.78 is 5.21. The zero-order valence-corrected chi connectivity index (χ0v) is 10.4. The van der Waals surface area contributed by atoms with E-state index < -0.39 is 0 Å². The second-order valence-corrected chi connectivity index (χ2v) is 4.28. The Labute approximate surface area is 102 Å². The number of aryl methyl sites for hydroxylation is 2. The lowest BCUT2D eigenvalue weighted by atomic mass is 9.98. The standard InChI is InChI=1S/C15H17NO/c1-10-4-6-12(7-5-10)13-9-14(16)15(17-3)8-11(13)2/h4-9H,16H2,1-3H3. The average Bonchev–Trinajstić information content (AvgIpc) is 2.33. The second kappa shape index (κ2) is 4.50. The Morgan fingerprint density at radius 3 is 2.24 bits per heavy atom. The summed E-state index contributed by atoms with van der Waals surface area (Å²) in [5.74, 6) is 0.735. The number of benzene rings is 2. The number of anilines is 1. The van der Waals surface area contributed by atoms with Gasteiger partial charge in [0.25, 0.3) is 0 Å². The fourth-order valence-electron chi connectivity index (χ4n) is 1.92. The van der Waals surface area contributed by atoms with Crippen molar-refractivity contribution in [2.45, 2.75) is 13.8 Å². The molecule has 17 heavy (non-hydrogen) atoms. The van der Waals surface area contributed by atoms with E-state index in [0.29, 0.717) is 5.69 Å². The van der Waals surface area contributed by atoms with Crippen molar-refractivity contribution in [2.24, 2.45) is 0 Å². The maximum Gasteiger partial charge on any atom is 0.142 e. The molecule has 2 aromatic carbocycles. The van der Waals surface area contributed by atoms with E-state index in [1.165, 1.54) is 16.7 Å². The van der Waals surface area contributed by atoms with Crippen LogP contribution >= 0.6 is 0 Å². The number of hydrogen-bond acceptors (Lipinski definition) is 2. The minimum absolute atomic E-state index is 0.675. The van der Waals surface area contributed by atoms with Gasteiger partial charge in [0.15, 0.2) is 0 Å². The van der Waals surface area contributed by atoms with Crippen LogP contribution in [-0.2, 0) is 0 Å². The van der Waals surface area contributed by atoms with E-state index in [0.717, 1.165) is 11.3 Å². The average molecular weight is 227 g/mol. The third-order valence-electron chi connectivity index (χ3n) is 2.94. The zero-order chi connectivity index (χ0) is 12.4. The van der Waals surface area contributed by atoms with Crippen LogP contribution in [-0.4, -0.2) is 7.11 Å². The zero-order valence-electron chi connectivity index (χ0n) is 10.4. The van der Waals surface area contributed by atoms with Gasteiger partial charge in [-0.05, 0) is 42.7 Å². The number of nitrogen functional groups attached to an aromatic ring is 1. The van der Waals surface area contributed by atoms with Crippen molar-refractivity contribution >= 4 is 5.69 Å². The maximum absolute atomic E-state index is 5.94. The molecule has 0 atom stereocenters. The maximum atomic E-state index is 5.94. The quantitative estimate of drug-likeness (QED) is 0.796. The summed E-state index contributed by atoms with van der Waals surface area (Å²) in [5, 5.41) is 0. The Kier molecular flexibility index (Phi) is 3.05. The molecule has 0 fully saturated rings. The molecule has 0 aliphatic rings. The van der Waals surface area contributed by atoms with E-state index in [2.05, 4.69) is 38.1 Å². The van der Waals surface area contributed by atoms with E-state index >= 15 is 0 Å². The molecule has 2 rings (SSSR count). The van der Waals surface area contributed by atoms with Crippen LogP contribution in [0, 0.1) is 13.8 Å². The fraction of sp³-hybridized carbons (Fsp3) is 0.200. The van der Waals surface area contributed by atoms with Crippen LogP contribution in [0.1, 0.15) is 11.1 Å². The lowest BCUT2D eigenvalue weighted by Gasteiger charge is -2.11. The highest BCUT2D eigenvalue weighted by molar-refractivity contribution is 5.74. The van der Waals surface area contributed by atoms with Crippen LogP contribution < -0.4 is 10.5 Å². The van der Waals surface area contributed by atoms with Crippen LogP contribution in [0.2, 0.25) is 0 Å². The summed E-state index contributed by atoms with van der Waals surface area (Å²) in [6.45, 7) is 4.15. The van der Waals surface area contributed by atoms with Crippen molar-refractivity contribution in [3.8, 4) is 16.9 Å². The van der Waals surface area contributed by atoms with Gasteiger partial charge in [0.05, 0.1) is 12.8 Å². The first-order valence-electron chi connectivity index (χ1n) is 5.63. The molecule has 0 aliphatic heterocycles. The monoisotopic (exact) mass is 227 g/mol. The Balaban J connectivity index is 2.52. The minimum atomic E-state index is 0.675. The lowest BCUT2D eigenvalue weighted by molar-refractivity contribution is 0.416.